The Labute approximate surface area is 101 Å². The number of hydrogen-bond donors (Lipinski definition) is 0. The van der Waals surface area contributed by atoms with Gasteiger partial charge in [-0.05, 0) is 19.1 Å². The molecule has 0 heterocycles. The zero-order valence-corrected chi connectivity index (χ0v) is 10.2. The van der Waals surface area contributed by atoms with Gasteiger partial charge in [0.2, 0.25) is 0 Å². The van der Waals surface area contributed by atoms with Gasteiger partial charge in [0, 0.05) is 0 Å². The van der Waals surface area contributed by atoms with Crippen molar-refractivity contribution in [2.45, 2.75) is 11.8 Å². The molecule has 3 nitrogen and oxygen atoms in total. The lowest BCUT2D eigenvalue weighted by Gasteiger charge is -2.05. The number of hydrogen-bond acceptors (Lipinski definition) is 3. The molecular formula is C13H13O3S-. The van der Waals surface area contributed by atoms with Crippen molar-refractivity contribution in [3.05, 3.63) is 66.2 Å². The Balaban J connectivity index is 0.000000202. The van der Waals surface area contributed by atoms with Crippen LogP contribution in [0.3, 0.4) is 0 Å². The van der Waals surface area contributed by atoms with E-state index in [4.69, 9.17) is 0 Å². The van der Waals surface area contributed by atoms with Crippen molar-refractivity contribution in [3.63, 3.8) is 0 Å². The molecule has 0 bridgehead atoms. The van der Waals surface area contributed by atoms with Gasteiger partial charge >= 0.3 is 0 Å². The quantitative estimate of drug-likeness (QED) is 0.730. The van der Waals surface area contributed by atoms with Crippen molar-refractivity contribution in [1.82, 2.24) is 0 Å². The topological polar surface area (TPSA) is 57.2 Å². The molecule has 0 aliphatic rings. The minimum atomic E-state index is -4.27. The molecule has 0 unspecified atom stereocenters. The summed E-state index contributed by atoms with van der Waals surface area (Å²) in [6.45, 7) is 1.82. The molecule has 2 rings (SSSR count). The third-order valence-corrected chi connectivity index (χ3v) is 2.83. The summed E-state index contributed by atoms with van der Waals surface area (Å²) in [5, 5.41) is 0. The summed E-state index contributed by atoms with van der Waals surface area (Å²) in [6.07, 6.45) is 0. The summed E-state index contributed by atoms with van der Waals surface area (Å²) >= 11 is 0. The van der Waals surface area contributed by atoms with Crippen LogP contribution < -0.4 is 0 Å². The van der Waals surface area contributed by atoms with E-state index < -0.39 is 10.1 Å². The number of benzene rings is 2. The summed E-state index contributed by atoms with van der Waals surface area (Å²) in [5.74, 6) is 0. The van der Waals surface area contributed by atoms with Gasteiger partial charge in [-0.25, -0.2) is 8.42 Å². The maximum Gasteiger partial charge on any atom is 0.124 e. The summed E-state index contributed by atoms with van der Waals surface area (Å²) < 4.78 is 31.2. The molecule has 0 amide bonds. The van der Waals surface area contributed by atoms with Crippen molar-refractivity contribution in [2.75, 3.05) is 0 Å². The fourth-order valence-corrected chi connectivity index (χ4v) is 1.56. The average molecular weight is 249 g/mol. The second-order valence-electron chi connectivity index (χ2n) is 3.42. The van der Waals surface area contributed by atoms with Crippen molar-refractivity contribution in [3.8, 4) is 0 Å². The first-order valence-electron chi connectivity index (χ1n) is 5.03. The monoisotopic (exact) mass is 249 g/mol. The SMILES string of the molecule is Cc1ccc(S(=O)(=O)[O-])cc1.c1ccccc1. The molecule has 0 spiro atoms. The summed E-state index contributed by atoms with van der Waals surface area (Å²) in [4.78, 5) is -0.178. The van der Waals surface area contributed by atoms with Crippen LogP contribution in [0.15, 0.2) is 65.6 Å². The molecule has 0 fully saturated rings. The minimum Gasteiger partial charge on any atom is -0.744 e. The molecule has 0 N–H and O–H groups in total. The predicted octanol–water partition coefficient (Wildman–Crippen LogP) is 2.59. The molecule has 0 aliphatic carbocycles. The van der Waals surface area contributed by atoms with Gasteiger partial charge in [0.05, 0.1) is 4.90 Å². The Morgan fingerprint density at radius 3 is 1.47 bits per heavy atom. The van der Waals surface area contributed by atoms with E-state index in [1.54, 1.807) is 12.1 Å². The van der Waals surface area contributed by atoms with E-state index in [-0.39, 0.29) is 4.90 Å². The van der Waals surface area contributed by atoms with Crippen molar-refractivity contribution in [1.29, 1.82) is 0 Å². The Hall–Kier alpha value is -1.65. The number of aryl methyl sites for hydroxylation is 1. The minimum absolute atomic E-state index is 0.178. The molecule has 0 saturated heterocycles. The standard InChI is InChI=1S/C7H8O3S.C6H6/c1-6-2-4-7(5-3-6)11(8,9)10;1-2-4-6-5-3-1/h2-5H,1H3,(H,8,9,10);1-6H/p-1. The molecular weight excluding hydrogens is 236 g/mol. The van der Waals surface area contributed by atoms with E-state index >= 15 is 0 Å². The van der Waals surface area contributed by atoms with Gasteiger partial charge in [0.1, 0.15) is 10.1 Å². The highest BCUT2D eigenvalue weighted by molar-refractivity contribution is 7.85. The third kappa shape index (κ3) is 5.29. The second-order valence-corrected chi connectivity index (χ2v) is 4.80. The lowest BCUT2D eigenvalue weighted by molar-refractivity contribution is 0.463. The van der Waals surface area contributed by atoms with Crippen LogP contribution in [0.2, 0.25) is 0 Å². The van der Waals surface area contributed by atoms with Crippen molar-refractivity contribution < 1.29 is 13.0 Å². The molecule has 0 saturated carbocycles. The molecule has 0 radical (unpaired) electrons. The lowest BCUT2D eigenvalue weighted by atomic mass is 10.2. The molecule has 0 atom stereocenters. The van der Waals surface area contributed by atoms with Crippen LogP contribution in [0.25, 0.3) is 0 Å². The van der Waals surface area contributed by atoms with Crippen LogP contribution in [0.1, 0.15) is 5.56 Å². The maximum absolute atomic E-state index is 10.4. The largest absolute Gasteiger partial charge is 0.744 e. The van der Waals surface area contributed by atoms with Gasteiger partial charge < -0.3 is 4.55 Å². The highest BCUT2D eigenvalue weighted by atomic mass is 32.2. The van der Waals surface area contributed by atoms with Crippen LogP contribution in [0.4, 0.5) is 0 Å². The van der Waals surface area contributed by atoms with Gasteiger partial charge in [-0.15, -0.1) is 0 Å². The average Bonchev–Trinajstić information content (AvgIpc) is 2.31. The van der Waals surface area contributed by atoms with E-state index in [0.29, 0.717) is 0 Å². The Morgan fingerprint density at radius 1 is 0.824 bits per heavy atom. The first kappa shape index (κ1) is 13.4. The van der Waals surface area contributed by atoms with E-state index in [0.717, 1.165) is 5.56 Å². The zero-order chi connectivity index (χ0) is 12.7. The van der Waals surface area contributed by atoms with Gasteiger partial charge in [-0.2, -0.15) is 0 Å². The van der Waals surface area contributed by atoms with Gasteiger partial charge in [-0.1, -0.05) is 54.1 Å². The molecule has 0 aromatic heterocycles. The predicted molar refractivity (Wildman–Crippen MR) is 65.6 cm³/mol. The van der Waals surface area contributed by atoms with Gasteiger partial charge in [0.15, 0.2) is 0 Å². The third-order valence-electron chi connectivity index (χ3n) is 1.98. The Kier molecular flexibility index (Phi) is 4.87. The van der Waals surface area contributed by atoms with Crippen LogP contribution in [0, 0.1) is 6.92 Å². The fraction of sp³-hybridized carbons (Fsp3) is 0.0769. The smallest absolute Gasteiger partial charge is 0.124 e. The fourth-order valence-electron chi connectivity index (χ4n) is 1.09. The van der Waals surface area contributed by atoms with E-state index in [2.05, 4.69) is 0 Å². The van der Waals surface area contributed by atoms with Gasteiger partial charge in [-0.3, -0.25) is 0 Å². The summed E-state index contributed by atoms with van der Waals surface area (Å²) in [5.41, 5.74) is 0.928. The summed E-state index contributed by atoms with van der Waals surface area (Å²) in [7, 11) is -4.27. The first-order valence-corrected chi connectivity index (χ1v) is 6.43. The zero-order valence-electron chi connectivity index (χ0n) is 9.41. The molecule has 90 valence electrons. The molecule has 17 heavy (non-hydrogen) atoms. The van der Waals surface area contributed by atoms with E-state index in [1.165, 1.54) is 12.1 Å². The van der Waals surface area contributed by atoms with E-state index in [1.807, 2.05) is 43.3 Å². The van der Waals surface area contributed by atoms with Gasteiger partial charge in [0.25, 0.3) is 0 Å². The Morgan fingerprint density at radius 2 is 1.18 bits per heavy atom. The van der Waals surface area contributed by atoms with Crippen LogP contribution in [0.5, 0.6) is 0 Å². The number of rotatable bonds is 1. The highest BCUT2D eigenvalue weighted by Gasteiger charge is 1.97. The Bertz CT molecular complexity index is 504. The molecule has 2 aromatic rings. The maximum atomic E-state index is 10.4. The van der Waals surface area contributed by atoms with Crippen molar-refractivity contribution in [2.24, 2.45) is 0 Å². The first-order chi connectivity index (χ1) is 8.00. The molecule has 2 aromatic carbocycles. The van der Waals surface area contributed by atoms with Crippen molar-refractivity contribution >= 4 is 10.1 Å². The molecule has 0 aliphatic heterocycles. The van der Waals surface area contributed by atoms with Crippen LogP contribution in [-0.4, -0.2) is 13.0 Å². The van der Waals surface area contributed by atoms with Crippen LogP contribution in [-0.2, 0) is 10.1 Å². The second kappa shape index (κ2) is 6.18. The van der Waals surface area contributed by atoms with E-state index in [9.17, 15) is 13.0 Å². The molecule has 4 heteroatoms. The summed E-state index contributed by atoms with van der Waals surface area (Å²) in [6, 6.07) is 17.8. The lowest BCUT2D eigenvalue weighted by Crippen LogP contribution is -1.97. The van der Waals surface area contributed by atoms with Crippen LogP contribution >= 0.6 is 0 Å². The highest BCUT2D eigenvalue weighted by Crippen LogP contribution is 2.08. The normalized spacial score (nSPS) is 10.2.